The van der Waals surface area contributed by atoms with Gasteiger partial charge in [0.25, 0.3) is 0 Å². The van der Waals surface area contributed by atoms with Crippen molar-refractivity contribution < 1.29 is 59.5 Å². The van der Waals surface area contributed by atoms with Gasteiger partial charge in [0.1, 0.15) is 0 Å². The molecular weight excluding hydrogens is 383 g/mol. The van der Waals surface area contributed by atoms with Crippen molar-refractivity contribution in [1.29, 1.82) is 0 Å². The Balaban J connectivity index is -0.0000000146. The maximum absolute atomic E-state index is 8.88. The van der Waals surface area contributed by atoms with E-state index in [1.807, 2.05) is 0 Å². The first-order valence-corrected chi connectivity index (χ1v) is 4.30. The van der Waals surface area contributed by atoms with Crippen molar-refractivity contribution >= 4 is 130 Å². The van der Waals surface area contributed by atoms with Crippen LogP contribution in [0.5, 0.6) is 0 Å². The third-order valence-corrected chi connectivity index (χ3v) is 0. The Labute approximate surface area is 185 Å². The molecule has 0 rings (SSSR count). The number of hydrogen-bond acceptors (Lipinski definition) is 2. The van der Waals surface area contributed by atoms with Crippen molar-refractivity contribution in [3.05, 3.63) is 0 Å². The molecule has 0 fully saturated rings. The Kier molecular flexibility index (Phi) is 60.0. The summed E-state index contributed by atoms with van der Waals surface area (Å²) in [5, 5.41) is 0. The van der Waals surface area contributed by atoms with Crippen LogP contribution in [0.1, 0.15) is 0 Å². The van der Waals surface area contributed by atoms with E-state index in [9.17, 15) is 0 Å². The van der Waals surface area contributed by atoms with E-state index in [1.165, 1.54) is 0 Å². The third-order valence-electron chi connectivity index (χ3n) is 0. The van der Waals surface area contributed by atoms with E-state index in [0.29, 0.717) is 0 Å². The summed E-state index contributed by atoms with van der Waals surface area (Å²) in [5.41, 5.74) is 0. The van der Waals surface area contributed by atoms with Crippen molar-refractivity contribution in [1.82, 2.24) is 0 Å². The molecular formula is H11Ca3O7PSiZr. The summed E-state index contributed by atoms with van der Waals surface area (Å²) in [4.78, 5) is 35.9. The average Bonchev–Trinajstić information content (AvgIpc) is 1.19. The van der Waals surface area contributed by atoms with Gasteiger partial charge in [0, 0.05) is 26.2 Å². The summed E-state index contributed by atoms with van der Waals surface area (Å²) in [6.45, 7) is 0. The van der Waals surface area contributed by atoms with Crippen molar-refractivity contribution in [2.45, 2.75) is 0 Å². The molecule has 0 amide bonds. The molecule has 0 radical (unpaired) electrons. The average molecular weight is 394 g/mol. The minimum atomic E-state index is -4.64. The van der Waals surface area contributed by atoms with Crippen molar-refractivity contribution in [3.8, 4) is 0 Å². The SMILES string of the molecule is O=P(O)(O)O.O=[Si](O)O.[CaH2].[CaH2].[CaH2].[Zr]. The smallest absolute Gasteiger partial charge is 0 e. The van der Waals surface area contributed by atoms with Gasteiger partial charge < -0.3 is 24.3 Å². The first kappa shape index (κ1) is 36.0. The van der Waals surface area contributed by atoms with E-state index in [2.05, 4.69) is 0 Å². The van der Waals surface area contributed by atoms with Gasteiger partial charge >= 0.3 is 130 Å². The molecule has 0 unspecified atom stereocenters. The number of phosphoric acid groups is 1. The molecule has 72 valence electrons. The third kappa shape index (κ3) is 176. The minimum Gasteiger partial charge on any atom is 0 e. The fourth-order valence-electron chi connectivity index (χ4n) is 0. The van der Waals surface area contributed by atoms with Crippen molar-refractivity contribution in [2.24, 2.45) is 0 Å². The van der Waals surface area contributed by atoms with Gasteiger partial charge in [-0.15, -0.1) is 0 Å². The molecule has 7 nitrogen and oxygen atoms in total. The first-order valence-electron chi connectivity index (χ1n) is 1.43. The molecule has 0 aromatic rings. The number of rotatable bonds is 0. The zero-order valence-electron chi connectivity index (χ0n) is 4.50. The second-order valence-corrected chi connectivity index (χ2v) is 2.39. The Morgan fingerprint density at radius 2 is 0.923 bits per heavy atom. The molecule has 0 spiro atoms. The molecule has 0 aromatic carbocycles. The molecule has 5 N–H and O–H groups in total. The molecule has 0 aliphatic carbocycles. The van der Waals surface area contributed by atoms with Gasteiger partial charge in [-0.05, 0) is 0 Å². The fraction of sp³-hybridized carbons (Fsp3) is 0. The van der Waals surface area contributed by atoms with Crippen molar-refractivity contribution in [2.75, 3.05) is 0 Å². The predicted octanol–water partition coefficient (Wildman–Crippen LogP) is -5.29. The molecule has 0 aliphatic rings. The van der Waals surface area contributed by atoms with Gasteiger partial charge in [-0.1, -0.05) is 0 Å². The number of hydrogen-bond donors (Lipinski definition) is 5. The molecule has 0 saturated heterocycles. The molecule has 0 heterocycles. The van der Waals surface area contributed by atoms with Crippen LogP contribution in [0, 0.1) is 0 Å². The molecule has 0 saturated carbocycles. The Hall–Kier alpha value is 4.39. The molecule has 0 bridgehead atoms. The summed E-state index contributed by atoms with van der Waals surface area (Å²) in [6.07, 6.45) is 0. The van der Waals surface area contributed by atoms with Crippen LogP contribution in [0.2, 0.25) is 0 Å². The van der Waals surface area contributed by atoms with Gasteiger partial charge in [0.2, 0.25) is 0 Å². The topological polar surface area (TPSA) is 135 Å². The quantitative estimate of drug-likeness (QED) is 0.205. The maximum atomic E-state index is 8.88. The summed E-state index contributed by atoms with van der Waals surface area (Å²) in [6, 6.07) is 0. The Morgan fingerprint density at radius 1 is 0.923 bits per heavy atom. The standard InChI is InChI=1S/3Ca.H3O4P.H2O3Si.Zr.6H/c;;;1-5(2,3)4;1-4(2)3;;;;;;;/h;;;(H3,1,2,3,4);1-2H;;;;;;;. The van der Waals surface area contributed by atoms with Crippen LogP contribution >= 0.6 is 7.82 Å². The van der Waals surface area contributed by atoms with Crippen LogP contribution in [0.15, 0.2) is 0 Å². The van der Waals surface area contributed by atoms with E-state index in [4.69, 9.17) is 33.3 Å². The summed E-state index contributed by atoms with van der Waals surface area (Å²) < 4.78 is 17.6. The van der Waals surface area contributed by atoms with E-state index in [1.54, 1.807) is 0 Å². The Morgan fingerprint density at radius 3 is 0.923 bits per heavy atom. The summed E-state index contributed by atoms with van der Waals surface area (Å²) >= 11 is 0. The largest absolute Gasteiger partial charge is 0 e. The van der Waals surface area contributed by atoms with E-state index < -0.39 is 17.0 Å². The zero-order valence-corrected chi connectivity index (χ0v) is 8.85. The molecule has 0 atom stereocenters. The molecule has 13 heavy (non-hydrogen) atoms. The Bertz CT molecular complexity index is 123. The van der Waals surface area contributed by atoms with E-state index in [0.717, 1.165) is 0 Å². The van der Waals surface area contributed by atoms with Gasteiger partial charge in [-0.25, -0.2) is 4.57 Å². The summed E-state index contributed by atoms with van der Waals surface area (Å²) in [5.74, 6) is 0. The minimum absolute atomic E-state index is 0. The van der Waals surface area contributed by atoms with E-state index in [-0.39, 0.29) is 139 Å². The molecule has 13 heteroatoms. The van der Waals surface area contributed by atoms with Crippen LogP contribution in [0.4, 0.5) is 0 Å². The first-order chi connectivity index (χ1) is 3.73. The van der Waals surface area contributed by atoms with Crippen LogP contribution in [0.3, 0.4) is 0 Å². The second-order valence-electron chi connectivity index (χ2n) is 0.796. The van der Waals surface area contributed by atoms with Gasteiger partial charge in [-0.3, -0.25) is 4.46 Å². The zero-order chi connectivity index (χ0) is 8.08. The fourth-order valence-corrected chi connectivity index (χ4v) is 0. The van der Waals surface area contributed by atoms with Gasteiger partial charge in [0.15, 0.2) is 0 Å². The molecule has 0 aromatic heterocycles. The van der Waals surface area contributed by atoms with Gasteiger partial charge in [-0.2, -0.15) is 0 Å². The second kappa shape index (κ2) is 21.7. The van der Waals surface area contributed by atoms with Crippen LogP contribution in [-0.2, 0) is 35.2 Å². The summed E-state index contributed by atoms with van der Waals surface area (Å²) in [7, 11) is -7.77. The van der Waals surface area contributed by atoms with Crippen LogP contribution in [-0.4, -0.2) is 147 Å². The maximum Gasteiger partial charge on any atom is 0 e. The van der Waals surface area contributed by atoms with Crippen LogP contribution < -0.4 is 0 Å². The van der Waals surface area contributed by atoms with Crippen molar-refractivity contribution in [3.63, 3.8) is 0 Å². The normalized spacial score (nSPS) is 6.38. The monoisotopic (exact) mass is 392 g/mol. The predicted molar refractivity (Wildman–Crippen MR) is 50.8 cm³/mol. The van der Waals surface area contributed by atoms with E-state index >= 15 is 0 Å². The molecule has 0 aliphatic heterocycles. The van der Waals surface area contributed by atoms with Crippen LogP contribution in [0.25, 0.3) is 0 Å². The van der Waals surface area contributed by atoms with Gasteiger partial charge in [0.05, 0.1) is 0 Å².